The molecule has 27 heavy (non-hydrogen) atoms. The van der Waals surface area contributed by atoms with Crippen molar-refractivity contribution < 1.29 is 36.4 Å². The third-order valence-corrected chi connectivity index (χ3v) is 6.05. The SMILES string of the molecule is NC(CONC(=O)[C@@H]1CC2(COC2)[C@@H]2CN1C(=O)N2OS(=O)(=O)O)C1CC1. The molecule has 4 aliphatic rings. The van der Waals surface area contributed by atoms with Crippen molar-refractivity contribution in [2.75, 3.05) is 26.4 Å². The molecule has 1 spiro atoms. The van der Waals surface area contributed by atoms with Gasteiger partial charge in [0, 0.05) is 18.0 Å². The summed E-state index contributed by atoms with van der Waals surface area (Å²) in [6, 6.07) is -2.48. The lowest BCUT2D eigenvalue weighted by Crippen LogP contribution is -2.63. The standard InChI is InChI=1S/C14H22N4O8S/c15-9(8-1-2-8)5-25-16-12(19)10-3-14(6-24-7-14)11-4-17(10)13(20)18(11)26-27(21,22)23/h8-11H,1-7,15H2,(H,16,19)(H,21,22,23)/t9?,10-,11-/m0/s1. The Morgan fingerprint density at radius 3 is 2.70 bits per heavy atom. The van der Waals surface area contributed by atoms with Crippen molar-refractivity contribution in [3.05, 3.63) is 0 Å². The lowest BCUT2D eigenvalue weighted by molar-refractivity contribution is -0.194. The molecule has 12 nitrogen and oxygen atoms in total. The molecule has 3 atom stereocenters. The van der Waals surface area contributed by atoms with Crippen molar-refractivity contribution in [2.45, 2.75) is 37.4 Å². The summed E-state index contributed by atoms with van der Waals surface area (Å²) < 4.78 is 40.9. The predicted molar refractivity (Wildman–Crippen MR) is 86.8 cm³/mol. The van der Waals surface area contributed by atoms with Crippen LogP contribution >= 0.6 is 0 Å². The summed E-state index contributed by atoms with van der Waals surface area (Å²) in [5.74, 6) is -0.108. The van der Waals surface area contributed by atoms with Gasteiger partial charge in [0.25, 0.3) is 5.91 Å². The Hall–Kier alpha value is -1.51. The van der Waals surface area contributed by atoms with Crippen LogP contribution in [-0.2, 0) is 29.1 Å². The second-order valence-electron chi connectivity index (χ2n) is 7.63. The molecule has 0 aromatic heterocycles. The molecule has 0 aromatic carbocycles. The molecule has 13 heteroatoms. The lowest BCUT2D eigenvalue weighted by atomic mass is 9.71. The molecule has 3 heterocycles. The number of ether oxygens (including phenoxy) is 1. The summed E-state index contributed by atoms with van der Waals surface area (Å²) in [5, 5.41) is 0.620. The highest BCUT2D eigenvalue weighted by Gasteiger charge is 2.63. The maximum atomic E-state index is 12.6. The minimum Gasteiger partial charge on any atom is -0.380 e. The second-order valence-corrected chi connectivity index (χ2v) is 8.64. The molecule has 4 fully saturated rings. The Bertz CT molecular complexity index is 737. The van der Waals surface area contributed by atoms with Gasteiger partial charge in [-0.05, 0) is 25.2 Å². The first kappa shape index (κ1) is 18.8. The van der Waals surface area contributed by atoms with E-state index in [4.69, 9.17) is 19.9 Å². The van der Waals surface area contributed by atoms with Gasteiger partial charge in [-0.15, -0.1) is 4.28 Å². The fourth-order valence-electron chi connectivity index (χ4n) is 3.96. The highest BCUT2D eigenvalue weighted by molar-refractivity contribution is 7.80. The van der Waals surface area contributed by atoms with Crippen molar-refractivity contribution in [3.63, 3.8) is 0 Å². The Kier molecular flexibility index (Phi) is 4.56. The van der Waals surface area contributed by atoms with Crippen LogP contribution in [0.4, 0.5) is 4.79 Å². The van der Waals surface area contributed by atoms with E-state index in [0.29, 0.717) is 11.0 Å². The van der Waals surface area contributed by atoms with Crippen LogP contribution < -0.4 is 11.2 Å². The van der Waals surface area contributed by atoms with Crippen LogP contribution in [0.5, 0.6) is 0 Å². The van der Waals surface area contributed by atoms with E-state index in [1.807, 2.05) is 0 Å². The number of nitrogens with one attached hydrogen (secondary N) is 1. The van der Waals surface area contributed by atoms with Gasteiger partial charge in [0.15, 0.2) is 0 Å². The number of urea groups is 1. The number of piperidine rings is 1. The molecule has 1 saturated carbocycles. The van der Waals surface area contributed by atoms with E-state index in [0.717, 1.165) is 12.8 Å². The van der Waals surface area contributed by atoms with Gasteiger partial charge < -0.3 is 15.4 Å². The highest BCUT2D eigenvalue weighted by atomic mass is 32.3. The van der Waals surface area contributed by atoms with Crippen molar-refractivity contribution in [1.29, 1.82) is 0 Å². The Labute approximate surface area is 155 Å². The van der Waals surface area contributed by atoms with Gasteiger partial charge in [-0.2, -0.15) is 13.5 Å². The van der Waals surface area contributed by atoms with E-state index >= 15 is 0 Å². The number of nitrogens with two attached hydrogens (primary N) is 1. The molecule has 4 N–H and O–H groups in total. The summed E-state index contributed by atoms with van der Waals surface area (Å²) in [6.07, 6.45) is 2.37. The van der Waals surface area contributed by atoms with Gasteiger partial charge in [-0.3, -0.25) is 14.2 Å². The average Bonchev–Trinajstić information content (AvgIpc) is 3.37. The zero-order valence-electron chi connectivity index (χ0n) is 14.4. The number of hydrogen-bond acceptors (Lipinski definition) is 8. The first-order valence-corrected chi connectivity index (χ1v) is 10.1. The minimum absolute atomic E-state index is 0.0807. The maximum Gasteiger partial charge on any atom is 0.418 e. The molecule has 4 rings (SSSR count). The number of carbonyl (C=O) groups excluding carboxylic acids is 2. The van der Waals surface area contributed by atoms with E-state index in [-0.39, 0.29) is 38.8 Å². The van der Waals surface area contributed by atoms with Crippen LogP contribution in [0.15, 0.2) is 0 Å². The third kappa shape index (κ3) is 3.50. The average molecular weight is 406 g/mol. The van der Waals surface area contributed by atoms with Crippen molar-refractivity contribution in [2.24, 2.45) is 17.1 Å². The number of hydroxylamine groups is 3. The predicted octanol–water partition coefficient (Wildman–Crippen LogP) is -1.60. The van der Waals surface area contributed by atoms with Gasteiger partial charge in [0.2, 0.25) is 0 Å². The first-order valence-electron chi connectivity index (χ1n) is 8.72. The van der Waals surface area contributed by atoms with Gasteiger partial charge in [0.1, 0.15) is 6.04 Å². The van der Waals surface area contributed by atoms with E-state index in [9.17, 15) is 18.0 Å². The Morgan fingerprint density at radius 1 is 1.44 bits per heavy atom. The van der Waals surface area contributed by atoms with E-state index in [1.54, 1.807) is 0 Å². The number of hydrogen-bond donors (Lipinski definition) is 3. The van der Waals surface area contributed by atoms with Gasteiger partial charge in [-0.25, -0.2) is 10.3 Å². The Balaban J connectivity index is 1.44. The molecule has 152 valence electrons. The smallest absolute Gasteiger partial charge is 0.380 e. The molecule has 3 aliphatic heterocycles. The van der Waals surface area contributed by atoms with E-state index < -0.39 is 39.8 Å². The van der Waals surface area contributed by atoms with Crippen LogP contribution in [0.2, 0.25) is 0 Å². The molecule has 3 amide bonds. The fourth-order valence-corrected chi connectivity index (χ4v) is 4.33. The van der Waals surface area contributed by atoms with E-state index in [1.165, 1.54) is 4.90 Å². The molecule has 0 aromatic rings. The molecular weight excluding hydrogens is 384 g/mol. The van der Waals surface area contributed by atoms with Crippen molar-refractivity contribution in [1.82, 2.24) is 15.4 Å². The van der Waals surface area contributed by atoms with Crippen molar-refractivity contribution in [3.8, 4) is 0 Å². The number of fused-ring (bicyclic) bond motifs is 3. The zero-order valence-corrected chi connectivity index (χ0v) is 15.3. The zero-order chi connectivity index (χ0) is 19.4. The fraction of sp³-hybridized carbons (Fsp3) is 0.857. The summed E-state index contributed by atoms with van der Waals surface area (Å²) in [7, 11) is -4.88. The quantitative estimate of drug-likeness (QED) is 0.334. The Morgan fingerprint density at radius 2 is 2.15 bits per heavy atom. The normalized spacial score (nSPS) is 30.4. The molecule has 0 radical (unpaired) electrons. The third-order valence-electron chi connectivity index (χ3n) is 5.70. The molecular formula is C14H22N4O8S. The topological polar surface area (TPSA) is 161 Å². The van der Waals surface area contributed by atoms with Crippen molar-refractivity contribution >= 4 is 22.3 Å². The maximum absolute atomic E-state index is 12.6. The number of carbonyl (C=O) groups is 2. The van der Waals surface area contributed by atoms with Crippen LogP contribution in [-0.4, -0.2) is 79.4 Å². The van der Waals surface area contributed by atoms with E-state index in [2.05, 4.69) is 9.76 Å². The summed E-state index contributed by atoms with van der Waals surface area (Å²) >= 11 is 0. The van der Waals surface area contributed by atoms with Gasteiger partial charge in [-0.1, -0.05) is 0 Å². The highest BCUT2D eigenvalue weighted by Crippen LogP contribution is 2.47. The molecule has 1 unspecified atom stereocenters. The second kappa shape index (κ2) is 6.53. The molecule has 3 saturated heterocycles. The minimum atomic E-state index is -4.88. The largest absolute Gasteiger partial charge is 0.418 e. The van der Waals surface area contributed by atoms with Gasteiger partial charge in [0.05, 0.1) is 25.9 Å². The monoisotopic (exact) mass is 406 g/mol. The number of amides is 3. The molecule has 1 aliphatic carbocycles. The first-order chi connectivity index (χ1) is 12.7. The number of nitrogens with zero attached hydrogens (tertiary/aromatic N) is 2. The molecule has 2 bridgehead atoms. The van der Waals surface area contributed by atoms with Crippen LogP contribution in [0, 0.1) is 11.3 Å². The van der Waals surface area contributed by atoms with Crippen LogP contribution in [0.25, 0.3) is 0 Å². The summed E-state index contributed by atoms with van der Waals surface area (Å²) in [6.45, 7) is 0.756. The lowest BCUT2D eigenvalue weighted by Gasteiger charge is -2.50. The van der Waals surface area contributed by atoms with Gasteiger partial charge >= 0.3 is 16.4 Å². The summed E-state index contributed by atoms with van der Waals surface area (Å²) in [5.41, 5.74) is 7.63. The van der Waals surface area contributed by atoms with Crippen LogP contribution in [0.1, 0.15) is 19.3 Å². The summed E-state index contributed by atoms with van der Waals surface area (Å²) in [4.78, 5) is 31.5. The van der Waals surface area contributed by atoms with Crippen LogP contribution in [0.3, 0.4) is 0 Å². The number of rotatable bonds is 7.